The number of anilines is 1. The summed E-state index contributed by atoms with van der Waals surface area (Å²) in [4.78, 5) is 14.0. The Bertz CT molecular complexity index is 1750. The van der Waals surface area contributed by atoms with Gasteiger partial charge in [-0.15, -0.1) is 0 Å². The van der Waals surface area contributed by atoms with Crippen LogP contribution in [-0.4, -0.2) is 24.7 Å². The fourth-order valence-electron chi connectivity index (χ4n) is 5.12. The standard InChI is InChI=1S/C32H26N2O3S/c35-32(33-30-17-9-8-16-29(30)24-11-2-1-3-12-24)31-21-26-14-6-7-15-27(26)22-34(31)38(36,37)28-19-18-23-10-4-5-13-25(23)20-28/h1-20,31H,21-22H2,(H,33,35)/t31-/m0/s1. The summed E-state index contributed by atoms with van der Waals surface area (Å²) in [6.07, 6.45) is 0.294. The molecule has 188 valence electrons. The van der Waals surface area contributed by atoms with Crippen molar-refractivity contribution in [3.05, 3.63) is 132 Å². The maximum Gasteiger partial charge on any atom is 0.244 e. The van der Waals surface area contributed by atoms with Gasteiger partial charge in [0.2, 0.25) is 15.9 Å². The molecule has 0 saturated carbocycles. The molecule has 1 N–H and O–H groups in total. The van der Waals surface area contributed by atoms with Gasteiger partial charge in [0.05, 0.1) is 4.90 Å². The van der Waals surface area contributed by atoms with E-state index in [1.165, 1.54) is 4.31 Å². The van der Waals surface area contributed by atoms with Crippen LogP contribution in [0, 0.1) is 0 Å². The molecule has 0 aliphatic carbocycles. The van der Waals surface area contributed by atoms with E-state index in [9.17, 15) is 13.2 Å². The summed E-state index contributed by atoms with van der Waals surface area (Å²) in [6.45, 7) is 0.129. The second kappa shape index (κ2) is 9.89. The normalized spacial score (nSPS) is 15.6. The molecule has 0 fully saturated rings. The summed E-state index contributed by atoms with van der Waals surface area (Å²) < 4.78 is 29.4. The van der Waals surface area contributed by atoms with Crippen molar-refractivity contribution < 1.29 is 13.2 Å². The van der Waals surface area contributed by atoms with E-state index in [0.717, 1.165) is 33.0 Å². The van der Waals surface area contributed by atoms with Crippen molar-refractivity contribution in [3.63, 3.8) is 0 Å². The molecule has 38 heavy (non-hydrogen) atoms. The van der Waals surface area contributed by atoms with Crippen LogP contribution in [0.15, 0.2) is 126 Å². The lowest BCUT2D eigenvalue weighted by Gasteiger charge is -2.35. The molecule has 0 saturated heterocycles. The van der Waals surface area contributed by atoms with Crippen LogP contribution in [0.2, 0.25) is 0 Å². The summed E-state index contributed by atoms with van der Waals surface area (Å²) in [5.41, 5.74) is 4.38. The minimum atomic E-state index is -3.97. The lowest BCUT2D eigenvalue weighted by atomic mass is 9.95. The highest BCUT2D eigenvalue weighted by molar-refractivity contribution is 7.89. The lowest BCUT2D eigenvalue weighted by Crippen LogP contribution is -2.50. The van der Waals surface area contributed by atoms with Gasteiger partial charge in [0.15, 0.2) is 0 Å². The molecular weight excluding hydrogens is 492 g/mol. The third-order valence-corrected chi connectivity index (χ3v) is 8.96. The average Bonchev–Trinajstić information content (AvgIpc) is 2.97. The number of nitrogens with one attached hydrogen (secondary N) is 1. The Morgan fingerprint density at radius 1 is 0.711 bits per heavy atom. The summed E-state index contributed by atoms with van der Waals surface area (Å²) in [7, 11) is -3.97. The van der Waals surface area contributed by atoms with E-state index in [2.05, 4.69) is 5.32 Å². The quantitative estimate of drug-likeness (QED) is 0.299. The Hall–Kier alpha value is -4.26. The van der Waals surface area contributed by atoms with Crippen LogP contribution in [0.25, 0.3) is 21.9 Å². The van der Waals surface area contributed by atoms with Gasteiger partial charge in [0.1, 0.15) is 6.04 Å². The van der Waals surface area contributed by atoms with Crippen LogP contribution in [0.3, 0.4) is 0 Å². The van der Waals surface area contributed by atoms with Crippen molar-refractivity contribution in [2.45, 2.75) is 23.9 Å². The highest BCUT2D eigenvalue weighted by atomic mass is 32.2. The van der Waals surface area contributed by atoms with Gasteiger partial charge >= 0.3 is 0 Å². The van der Waals surface area contributed by atoms with E-state index in [1.54, 1.807) is 12.1 Å². The van der Waals surface area contributed by atoms with Crippen LogP contribution in [0.1, 0.15) is 11.1 Å². The molecule has 0 bridgehead atoms. The second-order valence-electron chi connectivity index (χ2n) is 9.45. The number of amides is 1. The Balaban J connectivity index is 1.39. The van der Waals surface area contributed by atoms with E-state index in [-0.39, 0.29) is 17.3 Å². The lowest BCUT2D eigenvalue weighted by molar-refractivity contribution is -0.120. The molecule has 6 heteroatoms. The third kappa shape index (κ3) is 4.49. The van der Waals surface area contributed by atoms with Crippen LogP contribution < -0.4 is 5.32 Å². The fraction of sp³-hybridized carbons (Fsp3) is 0.0938. The smallest absolute Gasteiger partial charge is 0.244 e. The van der Waals surface area contributed by atoms with Gasteiger partial charge in [-0.3, -0.25) is 4.79 Å². The Morgan fingerprint density at radius 2 is 1.37 bits per heavy atom. The molecule has 1 aliphatic heterocycles. The third-order valence-electron chi connectivity index (χ3n) is 7.11. The highest BCUT2D eigenvalue weighted by Crippen LogP contribution is 2.33. The molecule has 1 atom stereocenters. The van der Waals surface area contributed by atoms with Crippen LogP contribution in [0.5, 0.6) is 0 Å². The Labute approximate surface area is 222 Å². The van der Waals surface area contributed by atoms with Crippen molar-refractivity contribution in [3.8, 4) is 11.1 Å². The number of rotatable bonds is 5. The summed E-state index contributed by atoms with van der Waals surface area (Å²) in [5.74, 6) is -0.354. The van der Waals surface area contributed by atoms with Crippen LogP contribution in [-0.2, 0) is 27.8 Å². The van der Waals surface area contributed by atoms with Crippen molar-refractivity contribution in [2.75, 3.05) is 5.32 Å². The second-order valence-corrected chi connectivity index (χ2v) is 11.3. The van der Waals surface area contributed by atoms with E-state index in [1.807, 2.05) is 109 Å². The minimum absolute atomic E-state index is 0.129. The first-order chi connectivity index (χ1) is 18.5. The number of para-hydroxylation sites is 1. The van der Waals surface area contributed by atoms with Gasteiger partial charge in [-0.05, 0) is 52.1 Å². The van der Waals surface area contributed by atoms with Gasteiger partial charge < -0.3 is 5.32 Å². The van der Waals surface area contributed by atoms with Gasteiger partial charge in [0, 0.05) is 17.8 Å². The van der Waals surface area contributed by atoms with Crippen molar-refractivity contribution >= 4 is 32.4 Å². The molecule has 6 rings (SSSR count). The monoisotopic (exact) mass is 518 g/mol. The summed E-state index contributed by atoms with van der Waals surface area (Å²) in [5, 5.41) is 4.84. The topological polar surface area (TPSA) is 66.5 Å². The Morgan fingerprint density at radius 3 is 2.18 bits per heavy atom. The predicted octanol–water partition coefficient (Wildman–Crippen LogP) is 6.26. The molecular formula is C32H26N2O3S. The van der Waals surface area contributed by atoms with Crippen molar-refractivity contribution in [1.82, 2.24) is 4.31 Å². The largest absolute Gasteiger partial charge is 0.324 e. The van der Waals surface area contributed by atoms with Crippen LogP contribution in [0.4, 0.5) is 5.69 Å². The maximum absolute atomic E-state index is 14.0. The van der Waals surface area contributed by atoms with E-state index >= 15 is 0 Å². The van der Waals surface area contributed by atoms with E-state index < -0.39 is 16.1 Å². The van der Waals surface area contributed by atoms with Gasteiger partial charge in [-0.1, -0.05) is 103 Å². The number of hydrogen-bond donors (Lipinski definition) is 1. The zero-order valence-corrected chi connectivity index (χ0v) is 21.4. The first-order valence-corrected chi connectivity index (χ1v) is 14.0. The number of hydrogen-bond acceptors (Lipinski definition) is 3. The molecule has 5 aromatic rings. The zero-order chi connectivity index (χ0) is 26.1. The first kappa shape index (κ1) is 24.1. The van der Waals surface area contributed by atoms with Crippen LogP contribution >= 0.6 is 0 Å². The van der Waals surface area contributed by atoms with Gasteiger partial charge in [0.25, 0.3) is 0 Å². The zero-order valence-electron chi connectivity index (χ0n) is 20.6. The molecule has 0 spiro atoms. The molecule has 0 unspecified atom stereocenters. The molecule has 5 aromatic carbocycles. The number of carbonyl (C=O) groups excluding carboxylic acids is 1. The number of benzene rings is 5. The molecule has 5 nitrogen and oxygen atoms in total. The number of nitrogens with zero attached hydrogens (tertiary/aromatic N) is 1. The van der Waals surface area contributed by atoms with E-state index in [4.69, 9.17) is 0 Å². The fourth-order valence-corrected chi connectivity index (χ4v) is 6.72. The molecule has 1 aliphatic rings. The summed E-state index contributed by atoms with van der Waals surface area (Å²) in [6, 6.07) is 37.0. The maximum atomic E-state index is 14.0. The average molecular weight is 519 g/mol. The van der Waals surface area contributed by atoms with E-state index in [0.29, 0.717) is 12.1 Å². The number of fused-ring (bicyclic) bond motifs is 2. The number of sulfonamides is 1. The van der Waals surface area contributed by atoms with Crippen molar-refractivity contribution in [1.29, 1.82) is 0 Å². The highest BCUT2D eigenvalue weighted by Gasteiger charge is 2.39. The molecule has 0 radical (unpaired) electrons. The molecule has 0 aromatic heterocycles. The SMILES string of the molecule is O=C(Nc1ccccc1-c1ccccc1)[C@@H]1Cc2ccccc2CN1S(=O)(=O)c1ccc2ccccc2c1. The first-order valence-electron chi connectivity index (χ1n) is 12.5. The predicted molar refractivity (Wildman–Crippen MR) is 151 cm³/mol. The Kier molecular flexibility index (Phi) is 6.27. The number of carbonyl (C=O) groups is 1. The van der Waals surface area contributed by atoms with Gasteiger partial charge in [-0.25, -0.2) is 8.42 Å². The minimum Gasteiger partial charge on any atom is -0.324 e. The van der Waals surface area contributed by atoms with Gasteiger partial charge in [-0.2, -0.15) is 4.31 Å². The molecule has 1 heterocycles. The summed E-state index contributed by atoms with van der Waals surface area (Å²) >= 11 is 0. The molecule has 1 amide bonds. The van der Waals surface area contributed by atoms with Crippen molar-refractivity contribution in [2.24, 2.45) is 0 Å².